The highest BCUT2D eigenvalue weighted by atomic mass is 32.2. The van der Waals surface area contributed by atoms with Crippen molar-refractivity contribution in [1.29, 1.82) is 0 Å². The molecule has 8 nitrogen and oxygen atoms in total. The van der Waals surface area contributed by atoms with E-state index < -0.39 is 6.04 Å². The number of para-hydroxylation sites is 1. The molecule has 0 aliphatic rings. The van der Waals surface area contributed by atoms with Crippen molar-refractivity contribution in [3.05, 3.63) is 30.3 Å². The summed E-state index contributed by atoms with van der Waals surface area (Å²) in [5.41, 5.74) is 0.817. The Morgan fingerprint density at radius 3 is 2.75 bits per heavy atom. The Bertz CT molecular complexity index is 676. The van der Waals surface area contributed by atoms with Gasteiger partial charge in [0.05, 0.1) is 11.4 Å². The lowest BCUT2D eigenvalue weighted by Crippen LogP contribution is -2.45. The molecule has 1 unspecified atom stereocenters. The van der Waals surface area contributed by atoms with E-state index in [9.17, 15) is 9.59 Å². The number of tetrazole rings is 1. The van der Waals surface area contributed by atoms with E-state index in [1.807, 2.05) is 37.3 Å². The van der Waals surface area contributed by atoms with Crippen molar-refractivity contribution in [3.63, 3.8) is 0 Å². The van der Waals surface area contributed by atoms with E-state index in [4.69, 9.17) is 0 Å². The van der Waals surface area contributed by atoms with Gasteiger partial charge >= 0.3 is 0 Å². The molecule has 1 atom stereocenters. The minimum atomic E-state index is -0.574. The van der Waals surface area contributed by atoms with Crippen molar-refractivity contribution in [2.24, 2.45) is 0 Å². The Morgan fingerprint density at radius 1 is 1.29 bits per heavy atom. The first-order chi connectivity index (χ1) is 11.6. The zero-order valence-electron chi connectivity index (χ0n) is 13.6. The monoisotopic (exact) mass is 348 g/mol. The molecule has 2 amide bonds. The van der Waals surface area contributed by atoms with Crippen LogP contribution in [0.5, 0.6) is 0 Å². The molecular weight excluding hydrogens is 328 g/mol. The zero-order valence-corrected chi connectivity index (χ0v) is 14.4. The third kappa shape index (κ3) is 5.05. The molecule has 0 fully saturated rings. The number of nitrogens with zero attached hydrogens (tertiary/aromatic N) is 4. The number of benzene rings is 1. The molecular formula is C15H20N6O2S. The summed E-state index contributed by atoms with van der Waals surface area (Å²) in [7, 11) is 0. The van der Waals surface area contributed by atoms with E-state index in [1.54, 1.807) is 11.6 Å². The molecule has 2 aromatic rings. The average Bonchev–Trinajstić information content (AvgIpc) is 3.07. The topological polar surface area (TPSA) is 102 Å². The smallest absolute Gasteiger partial charge is 0.242 e. The van der Waals surface area contributed by atoms with Gasteiger partial charge in [-0.05, 0) is 35.9 Å². The number of aromatic nitrogens is 4. The first-order valence-electron chi connectivity index (χ1n) is 7.65. The van der Waals surface area contributed by atoms with E-state index in [1.165, 1.54) is 11.8 Å². The first kappa shape index (κ1) is 17.9. The minimum Gasteiger partial charge on any atom is -0.354 e. The fourth-order valence-corrected chi connectivity index (χ4v) is 2.58. The molecule has 0 aliphatic heterocycles. The molecule has 0 saturated carbocycles. The Hall–Kier alpha value is -2.42. The number of carbonyl (C=O) groups excluding carboxylic acids is 2. The third-order valence-electron chi connectivity index (χ3n) is 3.09. The molecule has 0 bridgehead atoms. The summed E-state index contributed by atoms with van der Waals surface area (Å²) < 4.78 is 1.56. The molecule has 24 heavy (non-hydrogen) atoms. The maximum atomic E-state index is 12.0. The predicted molar refractivity (Wildman–Crippen MR) is 90.8 cm³/mol. The van der Waals surface area contributed by atoms with Crippen LogP contribution in [0.4, 0.5) is 0 Å². The molecule has 1 aromatic heterocycles. The lowest BCUT2D eigenvalue weighted by atomic mass is 10.3. The maximum Gasteiger partial charge on any atom is 0.242 e. The highest BCUT2D eigenvalue weighted by Crippen LogP contribution is 2.17. The van der Waals surface area contributed by atoms with Crippen molar-refractivity contribution < 1.29 is 9.59 Å². The van der Waals surface area contributed by atoms with Crippen LogP contribution in [0.15, 0.2) is 35.5 Å². The third-order valence-corrected chi connectivity index (χ3v) is 4.01. The van der Waals surface area contributed by atoms with Gasteiger partial charge in [0.25, 0.3) is 0 Å². The zero-order chi connectivity index (χ0) is 17.4. The van der Waals surface area contributed by atoms with Gasteiger partial charge in [-0.2, -0.15) is 4.68 Å². The number of carbonyl (C=O) groups is 2. The van der Waals surface area contributed by atoms with Gasteiger partial charge in [-0.15, -0.1) is 5.10 Å². The molecule has 0 aliphatic carbocycles. The Labute approximate surface area is 144 Å². The molecule has 0 spiro atoms. The Morgan fingerprint density at radius 2 is 2.04 bits per heavy atom. The Balaban J connectivity index is 1.87. The maximum absolute atomic E-state index is 12.0. The summed E-state index contributed by atoms with van der Waals surface area (Å²) in [6, 6.07) is 8.85. The lowest BCUT2D eigenvalue weighted by Gasteiger charge is -2.13. The standard InChI is InChI=1S/C15H20N6O2S/c1-3-9-16-14(23)11(2)17-13(22)10-24-15-18-19-20-21(15)12-7-5-4-6-8-12/h4-8,11H,3,9-10H2,1-2H3,(H,16,23)(H,17,22). The van der Waals surface area contributed by atoms with Crippen molar-refractivity contribution in [3.8, 4) is 5.69 Å². The van der Waals surface area contributed by atoms with Crippen LogP contribution in [-0.4, -0.2) is 50.4 Å². The minimum absolute atomic E-state index is 0.124. The van der Waals surface area contributed by atoms with Crippen LogP contribution < -0.4 is 10.6 Å². The summed E-state index contributed by atoms with van der Waals surface area (Å²) >= 11 is 1.21. The number of amides is 2. The second kappa shape index (κ2) is 9.02. The normalized spacial score (nSPS) is 11.8. The number of nitrogens with one attached hydrogen (secondary N) is 2. The molecule has 2 rings (SSSR count). The molecule has 128 valence electrons. The molecule has 1 heterocycles. The van der Waals surface area contributed by atoms with Gasteiger partial charge in [0.1, 0.15) is 6.04 Å². The SMILES string of the molecule is CCCNC(=O)C(C)NC(=O)CSc1nnnn1-c1ccccc1. The fraction of sp³-hybridized carbons (Fsp3) is 0.400. The van der Waals surface area contributed by atoms with Crippen LogP contribution in [0, 0.1) is 0 Å². The summed E-state index contributed by atoms with van der Waals surface area (Å²) in [6.07, 6.45) is 0.852. The number of hydrogen-bond donors (Lipinski definition) is 2. The summed E-state index contributed by atoms with van der Waals surface area (Å²) in [5.74, 6) is -0.315. The van der Waals surface area contributed by atoms with Crippen LogP contribution in [0.25, 0.3) is 5.69 Å². The van der Waals surface area contributed by atoms with Crippen LogP contribution in [0.1, 0.15) is 20.3 Å². The Kier molecular flexibility index (Phi) is 6.74. The second-order valence-corrected chi connectivity index (χ2v) is 6.02. The van der Waals surface area contributed by atoms with Gasteiger partial charge in [0.2, 0.25) is 17.0 Å². The van der Waals surface area contributed by atoms with E-state index in [0.717, 1.165) is 12.1 Å². The van der Waals surface area contributed by atoms with E-state index in [0.29, 0.717) is 11.7 Å². The summed E-state index contributed by atoms with van der Waals surface area (Å²) in [5, 5.41) is 17.4. The van der Waals surface area contributed by atoms with Crippen molar-refractivity contribution >= 4 is 23.6 Å². The van der Waals surface area contributed by atoms with Gasteiger partial charge in [0, 0.05) is 6.54 Å². The van der Waals surface area contributed by atoms with Gasteiger partial charge in [0.15, 0.2) is 0 Å². The molecule has 2 N–H and O–H groups in total. The second-order valence-electron chi connectivity index (χ2n) is 5.08. The average molecular weight is 348 g/mol. The largest absolute Gasteiger partial charge is 0.354 e. The van der Waals surface area contributed by atoms with Crippen LogP contribution >= 0.6 is 11.8 Å². The fourth-order valence-electron chi connectivity index (χ4n) is 1.88. The predicted octanol–water partition coefficient (Wildman–Crippen LogP) is 0.785. The van der Waals surface area contributed by atoms with Crippen LogP contribution in [0.2, 0.25) is 0 Å². The first-order valence-corrected chi connectivity index (χ1v) is 8.64. The van der Waals surface area contributed by atoms with Gasteiger partial charge in [-0.1, -0.05) is 36.9 Å². The van der Waals surface area contributed by atoms with E-state index in [-0.39, 0.29) is 17.6 Å². The van der Waals surface area contributed by atoms with E-state index in [2.05, 4.69) is 26.2 Å². The van der Waals surface area contributed by atoms with Crippen molar-refractivity contribution in [1.82, 2.24) is 30.8 Å². The highest BCUT2D eigenvalue weighted by Gasteiger charge is 2.16. The highest BCUT2D eigenvalue weighted by molar-refractivity contribution is 7.99. The number of rotatable bonds is 8. The lowest BCUT2D eigenvalue weighted by molar-refractivity contribution is -0.127. The van der Waals surface area contributed by atoms with Crippen molar-refractivity contribution in [2.75, 3.05) is 12.3 Å². The van der Waals surface area contributed by atoms with Gasteiger partial charge in [-0.3, -0.25) is 9.59 Å². The van der Waals surface area contributed by atoms with E-state index >= 15 is 0 Å². The number of thioether (sulfide) groups is 1. The molecule has 0 radical (unpaired) electrons. The summed E-state index contributed by atoms with van der Waals surface area (Å²) in [4.78, 5) is 23.7. The van der Waals surface area contributed by atoms with Gasteiger partial charge in [-0.25, -0.2) is 0 Å². The molecule has 0 saturated heterocycles. The number of hydrogen-bond acceptors (Lipinski definition) is 6. The van der Waals surface area contributed by atoms with Crippen LogP contribution in [0.3, 0.4) is 0 Å². The van der Waals surface area contributed by atoms with Crippen LogP contribution in [-0.2, 0) is 9.59 Å². The molecule has 1 aromatic carbocycles. The quantitative estimate of drug-likeness (QED) is 0.684. The van der Waals surface area contributed by atoms with Gasteiger partial charge < -0.3 is 10.6 Å². The summed E-state index contributed by atoms with van der Waals surface area (Å²) in [6.45, 7) is 4.22. The molecule has 9 heteroatoms. The van der Waals surface area contributed by atoms with Crippen molar-refractivity contribution in [2.45, 2.75) is 31.5 Å².